The number of hydrogen-bond donors (Lipinski definition) is 3. The fraction of sp³-hybridized carbons (Fsp3) is 0.154. The van der Waals surface area contributed by atoms with Crippen LogP contribution in [0.3, 0.4) is 0 Å². The van der Waals surface area contributed by atoms with Crippen LogP contribution in [-0.2, 0) is 6.42 Å². The van der Waals surface area contributed by atoms with Gasteiger partial charge < -0.3 is 16.0 Å². The molecule has 0 aliphatic rings. The highest BCUT2D eigenvalue weighted by Crippen LogP contribution is 2.36. The predicted octanol–water partition coefficient (Wildman–Crippen LogP) is 2.17. The van der Waals surface area contributed by atoms with Crippen LogP contribution >= 0.6 is 11.5 Å². The lowest BCUT2D eigenvalue weighted by molar-refractivity contribution is 0.930. The third kappa shape index (κ3) is 2.62. The quantitative estimate of drug-likeness (QED) is 0.668. The topological polar surface area (TPSA) is 92.5 Å². The van der Waals surface area contributed by atoms with Crippen LogP contribution in [-0.4, -0.2) is 25.9 Å². The van der Waals surface area contributed by atoms with E-state index in [1.807, 2.05) is 18.3 Å². The van der Waals surface area contributed by atoms with Crippen LogP contribution in [0.1, 0.15) is 5.82 Å². The summed E-state index contributed by atoms with van der Waals surface area (Å²) in [5, 5.41) is 4.34. The van der Waals surface area contributed by atoms with E-state index in [0.717, 1.165) is 34.9 Å². The van der Waals surface area contributed by atoms with Crippen molar-refractivity contribution in [3.63, 3.8) is 0 Å². The van der Waals surface area contributed by atoms with E-state index in [4.69, 9.17) is 5.73 Å². The number of aromatic amines is 1. The maximum absolute atomic E-state index is 5.96. The number of aromatic nitrogens is 4. The van der Waals surface area contributed by atoms with Crippen molar-refractivity contribution >= 4 is 22.4 Å². The fourth-order valence-electron chi connectivity index (χ4n) is 1.95. The molecular formula is C13H14N6S. The van der Waals surface area contributed by atoms with Gasteiger partial charge >= 0.3 is 0 Å². The minimum absolute atomic E-state index is 0.543. The second-order valence-corrected chi connectivity index (χ2v) is 4.99. The van der Waals surface area contributed by atoms with Crippen molar-refractivity contribution in [2.45, 2.75) is 6.42 Å². The first-order valence-electron chi connectivity index (χ1n) is 6.22. The molecule has 0 aromatic carbocycles. The third-order valence-corrected chi connectivity index (χ3v) is 3.71. The van der Waals surface area contributed by atoms with Crippen molar-refractivity contribution in [2.24, 2.45) is 0 Å². The van der Waals surface area contributed by atoms with Crippen molar-refractivity contribution in [3.05, 3.63) is 42.7 Å². The minimum atomic E-state index is 0.543. The molecule has 20 heavy (non-hydrogen) atoms. The van der Waals surface area contributed by atoms with Crippen molar-refractivity contribution in [2.75, 3.05) is 17.6 Å². The van der Waals surface area contributed by atoms with E-state index < -0.39 is 0 Å². The predicted molar refractivity (Wildman–Crippen MR) is 80.5 cm³/mol. The zero-order chi connectivity index (χ0) is 13.8. The van der Waals surface area contributed by atoms with Crippen LogP contribution in [0, 0.1) is 0 Å². The van der Waals surface area contributed by atoms with Gasteiger partial charge in [0.15, 0.2) is 0 Å². The summed E-state index contributed by atoms with van der Waals surface area (Å²) < 4.78 is 4.22. The minimum Gasteiger partial charge on any atom is -0.382 e. The molecule has 0 aliphatic carbocycles. The summed E-state index contributed by atoms with van der Waals surface area (Å²) in [6, 6.07) is 3.86. The highest BCUT2D eigenvalue weighted by atomic mass is 32.1. The molecule has 0 spiro atoms. The standard InChI is InChI=1S/C13H14N6S/c14-12-11(9-1-4-15-5-2-9)13(20-19-12)18-6-3-10-16-7-8-17-10/h1-2,4-5,7-8,18H,3,6H2,(H2,14,19)(H,16,17). The Kier molecular flexibility index (Phi) is 3.60. The third-order valence-electron chi connectivity index (χ3n) is 2.89. The number of nitrogens with two attached hydrogens (primary N) is 1. The largest absolute Gasteiger partial charge is 0.382 e. The van der Waals surface area contributed by atoms with Crippen LogP contribution in [0.15, 0.2) is 36.9 Å². The summed E-state index contributed by atoms with van der Waals surface area (Å²) in [5.74, 6) is 1.50. The first-order valence-corrected chi connectivity index (χ1v) is 6.99. The summed E-state index contributed by atoms with van der Waals surface area (Å²) in [6.07, 6.45) is 7.89. The Morgan fingerprint density at radius 3 is 2.85 bits per heavy atom. The Bertz CT molecular complexity index is 661. The number of nitrogens with zero attached hydrogens (tertiary/aromatic N) is 3. The highest BCUT2D eigenvalue weighted by molar-refractivity contribution is 7.11. The smallest absolute Gasteiger partial charge is 0.147 e. The zero-order valence-electron chi connectivity index (χ0n) is 10.7. The number of H-pyrrole nitrogens is 1. The number of hydrogen-bond acceptors (Lipinski definition) is 6. The van der Waals surface area contributed by atoms with Gasteiger partial charge in [-0.1, -0.05) is 0 Å². The Morgan fingerprint density at radius 2 is 2.10 bits per heavy atom. The van der Waals surface area contributed by atoms with Crippen LogP contribution in [0.4, 0.5) is 10.8 Å². The monoisotopic (exact) mass is 286 g/mol. The Morgan fingerprint density at radius 1 is 1.25 bits per heavy atom. The van der Waals surface area contributed by atoms with Crippen LogP contribution < -0.4 is 11.1 Å². The lowest BCUT2D eigenvalue weighted by Crippen LogP contribution is -2.05. The SMILES string of the molecule is Nc1nsc(NCCc2ncc[nH]2)c1-c1ccncc1. The van der Waals surface area contributed by atoms with Crippen molar-refractivity contribution in [1.29, 1.82) is 0 Å². The summed E-state index contributed by atoms with van der Waals surface area (Å²) in [6.45, 7) is 0.771. The second-order valence-electron chi connectivity index (χ2n) is 4.22. The number of rotatable bonds is 5. The molecular weight excluding hydrogens is 272 g/mol. The van der Waals surface area contributed by atoms with E-state index in [9.17, 15) is 0 Å². The molecule has 7 heteroatoms. The molecule has 6 nitrogen and oxygen atoms in total. The zero-order valence-corrected chi connectivity index (χ0v) is 11.5. The molecule has 0 atom stereocenters. The van der Waals surface area contributed by atoms with Crippen LogP contribution in [0.25, 0.3) is 11.1 Å². The van der Waals surface area contributed by atoms with E-state index in [2.05, 4.69) is 24.6 Å². The van der Waals surface area contributed by atoms with Crippen molar-refractivity contribution < 1.29 is 0 Å². The molecule has 102 valence electrons. The first kappa shape index (κ1) is 12.6. The van der Waals surface area contributed by atoms with Gasteiger partial charge in [-0.3, -0.25) is 4.98 Å². The van der Waals surface area contributed by atoms with E-state index in [1.165, 1.54) is 11.5 Å². The summed E-state index contributed by atoms with van der Waals surface area (Å²) >= 11 is 1.37. The average molecular weight is 286 g/mol. The number of nitrogens with one attached hydrogen (secondary N) is 2. The van der Waals surface area contributed by atoms with Gasteiger partial charge in [-0.15, -0.1) is 0 Å². The fourth-order valence-corrected chi connectivity index (χ4v) is 2.71. The molecule has 3 heterocycles. The van der Waals surface area contributed by atoms with E-state index in [1.54, 1.807) is 18.6 Å². The van der Waals surface area contributed by atoms with Gasteiger partial charge in [0.25, 0.3) is 0 Å². The van der Waals surface area contributed by atoms with Gasteiger partial charge in [-0.05, 0) is 29.2 Å². The van der Waals surface area contributed by atoms with E-state index in [0.29, 0.717) is 5.82 Å². The molecule has 4 N–H and O–H groups in total. The molecule has 3 rings (SSSR count). The molecule has 3 aromatic rings. The number of anilines is 2. The summed E-state index contributed by atoms with van der Waals surface area (Å²) in [7, 11) is 0. The highest BCUT2D eigenvalue weighted by Gasteiger charge is 2.13. The van der Waals surface area contributed by atoms with Crippen LogP contribution in [0.5, 0.6) is 0 Å². The molecule has 3 aromatic heterocycles. The summed E-state index contributed by atoms with van der Waals surface area (Å²) in [5.41, 5.74) is 7.92. The molecule has 0 saturated carbocycles. The van der Waals surface area contributed by atoms with Gasteiger partial charge in [0, 0.05) is 37.8 Å². The van der Waals surface area contributed by atoms with Gasteiger partial charge in [0.05, 0.1) is 5.56 Å². The lowest BCUT2D eigenvalue weighted by atomic mass is 10.1. The van der Waals surface area contributed by atoms with Gasteiger partial charge in [0.2, 0.25) is 0 Å². The second kappa shape index (κ2) is 5.70. The first-order chi connectivity index (χ1) is 9.84. The van der Waals surface area contributed by atoms with Gasteiger partial charge in [-0.25, -0.2) is 4.98 Å². The number of pyridine rings is 1. The number of imidazole rings is 1. The van der Waals surface area contributed by atoms with Gasteiger partial charge in [-0.2, -0.15) is 4.37 Å². The maximum atomic E-state index is 5.96. The van der Waals surface area contributed by atoms with E-state index >= 15 is 0 Å². The van der Waals surface area contributed by atoms with Crippen molar-refractivity contribution in [1.82, 2.24) is 19.3 Å². The van der Waals surface area contributed by atoms with Crippen molar-refractivity contribution in [3.8, 4) is 11.1 Å². The maximum Gasteiger partial charge on any atom is 0.147 e. The molecule has 0 radical (unpaired) electrons. The van der Waals surface area contributed by atoms with E-state index in [-0.39, 0.29) is 0 Å². The molecule has 0 aliphatic heterocycles. The Hall–Kier alpha value is -2.41. The molecule has 0 bridgehead atoms. The summed E-state index contributed by atoms with van der Waals surface area (Å²) in [4.78, 5) is 11.3. The molecule has 0 amide bonds. The number of nitrogen functional groups attached to an aromatic ring is 1. The van der Waals surface area contributed by atoms with Gasteiger partial charge in [0.1, 0.15) is 16.6 Å². The normalized spacial score (nSPS) is 10.6. The molecule has 0 fully saturated rings. The molecule has 0 saturated heterocycles. The average Bonchev–Trinajstić information content (AvgIpc) is 3.10. The lowest BCUT2D eigenvalue weighted by Gasteiger charge is -2.06. The van der Waals surface area contributed by atoms with Crippen LogP contribution in [0.2, 0.25) is 0 Å². The molecule has 0 unspecified atom stereocenters. The Balaban J connectivity index is 1.74. The Labute approximate surface area is 120 Å².